The summed E-state index contributed by atoms with van der Waals surface area (Å²) in [6, 6.07) is 8.34. The zero-order valence-electron chi connectivity index (χ0n) is 12.7. The second-order valence-electron chi connectivity index (χ2n) is 6.61. The van der Waals surface area contributed by atoms with Crippen LogP contribution in [0.25, 0.3) is 0 Å². The summed E-state index contributed by atoms with van der Waals surface area (Å²) in [5.74, 6) is 0.733. The Morgan fingerprint density at radius 1 is 1.20 bits per heavy atom. The van der Waals surface area contributed by atoms with Gasteiger partial charge in [0.25, 0.3) is 5.91 Å². The van der Waals surface area contributed by atoms with Crippen molar-refractivity contribution in [1.29, 1.82) is 0 Å². The van der Waals surface area contributed by atoms with Gasteiger partial charge in [0.05, 0.1) is 0 Å². The van der Waals surface area contributed by atoms with Crippen molar-refractivity contribution in [1.82, 2.24) is 5.32 Å². The van der Waals surface area contributed by atoms with E-state index in [-0.39, 0.29) is 17.9 Å². The molecule has 0 unspecified atom stereocenters. The van der Waals surface area contributed by atoms with Gasteiger partial charge in [-0.3, -0.25) is 4.79 Å². The Morgan fingerprint density at radius 3 is 2.35 bits per heavy atom. The SMILES string of the molecule is CC(C)(C)c1ccc(OCC(=O)NC2CCCC2)cc1. The minimum Gasteiger partial charge on any atom is -0.484 e. The molecule has 3 heteroatoms. The molecule has 1 aliphatic carbocycles. The first-order valence-corrected chi connectivity index (χ1v) is 7.48. The van der Waals surface area contributed by atoms with Crippen molar-refractivity contribution in [3.63, 3.8) is 0 Å². The number of nitrogens with one attached hydrogen (secondary N) is 1. The Balaban J connectivity index is 1.80. The number of rotatable bonds is 4. The summed E-state index contributed by atoms with van der Waals surface area (Å²) in [5.41, 5.74) is 1.40. The van der Waals surface area contributed by atoms with Crippen molar-refractivity contribution in [3.05, 3.63) is 29.8 Å². The molecular formula is C17H25NO2. The van der Waals surface area contributed by atoms with Gasteiger partial charge in [-0.1, -0.05) is 45.7 Å². The van der Waals surface area contributed by atoms with E-state index in [2.05, 4.69) is 38.2 Å². The molecule has 1 saturated carbocycles. The van der Waals surface area contributed by atoms with E-state index in [0.29, 0.717) is 6.04 Å². The van der Waals surface area contributed by atoms with Crippen molar-refractivity contribution < 1.29 is 9.53 Å². The molecule has 1 aromatic carbocycles. The van der Waals surface area contributed by atoms with Crippen LogP contribution in [0.4, 0.5) is 0 Å². The average Bonchev–Trinajstić information content (AvgIpc) is 2.88. The van der Waals surface area contributed by atoms with Gasteiger partial charge in [0.1, 0.15) is 5.75 Å². The minimum absolute atomic E-state index is 0.0169. The van der Waals surface area contributed by atoms with E-state index in [4.69, 9.17) is 4.74 Å². The fraction of sp³-hybridized carbons (Fsp3) is 0.588. The van der Waals surface area contributed by atoms with E-state index in [0.717, 1.165) is 18.6 Å². The molecule has 0 saturated heterocycles. The predicted octanol–water partition coefficient (Wildman–Crippen LogP) is 3.42. The molecule has 1 aromatic rings. The van der Waals surface area contributed by atoms with Crippen molar-refractivity contribution >= 4 is 5.91 Å². The molecule has 20 heavy (non-hydrogen) atoms. The summed E-state index contributed by atoms with van der Waals surface area (Å²) < 4.78 is 5.53. The van der Waals surface area contributed by atoms with E-state index in [1.54, 1.807) is 0 Å². The highest BCUT2D eigenvalue weighted by Gasteiger charge is 2.17. The zero-order chi connectivity index (χ0) is 14.6. The van der Waals surface area contributed by atoms with Crippen LogP contribution in [0.3, 0.4) is 0 Å². The summed E-state index contributed by atoms with van der Waals surface area (Å²) in [4.78, 5) is 11.8. The van der Waals surface area contributed by atoms with Gasteiger partial charge in [0, 0.05) is 6.04 Å². The van der Waals surface area contributed by atoms with E-state index in [9.17, 15) is 4.79 Å². The Kier molecular flexibility index (Phi) is 4.69. The third-order valence-corrected chi connectivity index (χ3v) is 3.81. The monoisotopic (exact) mass is 275 g/mol. The molecule has 3 nitrogen and oxygen atoms in total. The lowest BCUT2D eigenvalue weighted by Gasteiger charge is -2.19. The molecule has 1 fully saturated rings. The lowest BCUT2D eigenvalue weighted by atomic mass is 9.87. The summed E-state index contributed by atoms with van der Waals surface area (Å²) in [6.45, 7) is 6.64. The molecule has 2 rings (SSSR count). The van der Waals surface area contributed by atoms with Gasteiger partial charge < -0.3 is 10.1 Å². The van der Waals surface area contributed by atoms with E-state index >= 15 is 0 Å². The summed E-state index contributed by atoms with van der Waals surface area (Å²) in [6.07, 6.45) is 4.65. The highest BCUT2D eigenvalue weighted by molar-refractivity contribution is 5.77. The fourth-order valence-corrected chi connectivity index (χ4v) is 2.54. The normalized spacial score (nSPS) is 16.1. The second-order valence-corrected chi connectivity index (χ2v) is 6.61. The number of hydrogen-bond acceptors (Lipinski definition) is 2. The topological polar surface area (TPSA) is 38.3 Å². The molecule has 0 bridgehead atoms. The van der Waals surface area contributed by atoms with Gasteiger partial charge in [-0.15, -0.1) is 0 Å². The molecule has 1 N–H and O–H groups in total. The summed E-state index contributed by atoms with van der Waals surface area (Å²) in [5, 5.41) is 3.02. The first-order valence-electron chi connectivity index (χ1n) is 7.48. The maximum atomic E-state index is 11.8. The first-order chi connectivity index (χ1) is 9.45. The fourth-order valence-electron chi connectivity index (χ4n) is 2.54. The Hall–Kier alpha value is -1.51. The number of amides is 1. The Labute approximate surface area is 121 Å². The third-order valence-electron chi connectivity index (χ3n) is 3.81. The smallest absolute Gasteiger partial charge is 0.258 e. The summed E-state index contributed by atoms with van der Waals surface area (Å²) in [7, 11) is 0. The van der Waals surface area contributed by atoms with Gasteiger partial charge in [-0.05, 0) is 36.0 Å². The standard InChI is InChI=1S/C17H25NO2/c1-17(2,3)13-8-10-15(11-9-13)20-12-16(19)18-14-6-4-5-7-14/h8-11,14H,4-7,12H2,1-3H3,(H,18,19). The van der Waals surface area contributed by atoms with Crippen LogP contribution in [0.5, 0.6) is 5.75 Å². The van der Waals surface area contributed by atoms with E-state index in [1.165, 1.54) is 18.4 Å². The van der Waals surface area contributed by atoms with Crippen molar-refractivity contribution in [3.8, 4) is 5.75 Å². The largest absolute Gasteiger partial charge is 0.484 e. The zero-order valence-corrected chi connectivity index (χ0v) is 12.7. The lowest BCUT2D eigenvalue weighted by molar-refractivity contribution is -0.123. The number of ether oxygens (including phenoxy) is 1. The van der Waals surface area contributed by atoms with Crippen molar-refractivity contribution in [2.24, 2.45) is 0 Å². The number of hydrogen-bond donors (Lipinski definition) is 1. The van der Waals surface area contributed by atoms with E-state index in [1.807, 2.05) is 12.1 Å². The highest BCUT2D eigenvalue weighted by Crippen LogP contribution is 2.24. The van der Waals surface area contributed by atoms with Gasteiger partial charge in [-0.25, -0.2) is 0 Å². The second kappa shape index (κ2) is 6.29. The Bertz CT molecular complexity index is 439. The molecule has 0 aromatic heterocycles. The number of carbonyl (C=O) groups excluding carboxylic acids is 1. The number of benzene rings is 1. The van der Waals surface area contributed by atoms with Gasteiger partial charge in [-0.2, -0.15) is 0 Å². The van der Waals surface area contributed by atoms with Crippen LogP contribution in [0.1, 0.15) is 52.0 Å². The highest BCUT2D eigenvalue weighted by atomic mass is 16.5. The van der Waals surface area contributed by atoms with Crippen LogP contribution >= 0.6 is 0 Å². The number of carbonyl (C=O) groups is 1. The van der Waals surface area contributed by atoms with Crippen LogP contribution < -0.4 is 10.1 Å². The van der Waals surface area contributed by atoms with E-state index < -0.39 is 0 Å². The molecule has 1 amide bonds. The molecular weight excluding hydrogens is 250 g/mol. The van der Waals surface area contributed by atoms with Crippen LogP contribution in [0.15, 0.2) is 24.3 Å². The minimum atomic E-state index is -0.0169. The molecule has 0 spiro atoms. The van der Waals surface area contributed by atoms with Crippen LogP contribution in [0, 0.1) is 0 Å². The average molecular weight is 275 g/mol. The van der Waals surface area contributed by atoms with Crippen LogP contribution in [-0.4, -0.2) is 18.6 Å². The molecule has 110 valence electrons. The molecule has 1 aliphatic rings. The molecule has 0 radical (unpaired) electrons. The summed E-state index contributed by atoms with van der Waals surface area (Å²) >= 11 is 0. The van der Waals surface area contributed by atoms with Crippen molar-refractivity contribution in [2.45, 2.75) is 57.9 Å². The van der Waals surface area contributed by atoms with Crippen LogP contribution in [-0.2, 0) is 10.2 Å². The maximum absolute atomic E-state index is 11.8. The van der Waals surface area contributed by atoms with Crippen molar-refractivity contribution in [2.75, 3.05) is 6.61 Å². The molecule has 0 heterocycles. The predicted molar refractivity (Wildman–Crippen MR) is 81.0 cm³/mol. The van der Waals surface area contributed by atoms with Crippen LogP contribution in [0.2, 0.25) is 0 Å². The lowest BCUT2D eigenvalue weighted by Crippen LogP contribution is -2.36. The first kappa shape index (κ1) is 14.9. The van der Waals surface area contributed by atoms with Gasteiger partial charge in [0.2, 0.25) is 0 Å². The van der Waals surface area contributed by atoms with Gasteiger partial charge in [0.15, 0.2) is 6.61 Å². The Morgan fingerprint density at radius 2 is 1.80 bits per heavy atom. The third kappa shape index (κ3) is 4.26. The molecule has 0 aliphatic heterocycles. The van der Waals surface area contributed by atoms with Gasteiger partial charge >= 0.3 is 0 Å². The quantitative estimate of drug-likeness (QED) is 0.914. The maximum Gasteiger partial charge on any atom is 0.258 e. The molecule has 0 atom stereocenters.